The predicted molar refractivity (Wildman–Crippen MR) is 77.0 cm³/mol. The number of hydrogen-bond donors (Lipinski definition) is 1. The molecular formula is C11H7FN6OS2. The Morgan fingerprint density at radius 2 is 2.14 bits per heavy atom. The highest BCUT2D eigenvalue weighted by Gasteiger charge is 2.09. The van der Waals surface area contributed by atoms with E-state index in [1.165, 1.54) is 17.8 Å². The number of pyridine rings is 1. The number of nitrogens with zero attached hydrogens (tertiary/aromatic N) is 6. The van der Waals surface area contributed by atoms with Crippen molar-refractivity contribution in [2.75, 3.05) is 6.26 Å². The standard InChI is InChI=1S/C11H7FN6OS2/c1-20-11-13-4-5-9(15-11)18-21-10(5)17-16-7-3-2-6(19)8(12)14-7/h2-4,19H,1H3/b17-16+. The number of aromatic nitrogens is 4. The molecule has 3 rings (SSSR count). The van der Waals surface area contributed by atoms with Crippen LogP contribution < -0.4 is 0 Å². The third-order valence-electron chi connectivity index (χ3n) is 2.44. The molecule has 3 heterocycles. The molecule has 0 atom stereocenters. The van der Waals surface area contributed by atoms with Crippen LogP contribution in [-0.2, 0) is 0 Å². The van der Waals surface area contributed by atoms with Gasteiger partial charge in [-0.15, -0.1) is 10.2 Å². The number of halogens is 1. The van der Waals surface area contributed by atoms with E-state index < -0.39 is 11.7 Å². The third-order valence-corrected chi connectivity index (χ3v) is 3.74. The van der Waals surface area contributed by atoms with Crippen LogP contribution in [0.1, 0.15) is 0 Å². The van der Waals surface area contributed by atoms with Crippen molar-refractivity contribution in [2.24, 2.45) is 10.2 Å². The van der Waals surface area contributed by atoms with Gasteiger partial charge in [-0.05, 0) is 29.9 Å². The molecule has 3 aromatic heterocycles. The molecule has 21 heavy (non-hydrogen) atoms. The highest BCUT2D eigenvalue weighted by molar-refractivity contribution is 7.98. The normalized spacial score (nSPS) is 11.5. The Bertz CT molecular complexity index is 837. The first-order valence-electron chi connectivity index (χ1n) is 5.61. The summed E-state index contributed by atoms with van der Waals surface area (Å²) >= 11 is 2.53. The molecule has 0 unspecified atom stereocenters. The number of hydrogen-bond acceptors (Lipinski definition) is 9. The summed E-state index contributed by atoms with van der Waals surface area (Å²) in [6, 6.07) is 2.52. The van der Waals surface area contributed by atoms with Gasteiger partial charge < -0.3 is 5.11 Å². The molecule has 0 saturated carbocycles. The van der Waals surface area contributed by atoms with Crippen LogP contribution in [0.2, 0.25) is 0 Å². The Kier molecular flexibility index (Phi) is 3.71. The fraction of sp³-hybridized carbons (Fsp3) is 0.0909. The number of aromatic hydroxyl groups is 1. The van der Waals surface area contributed by atoms with Gasteiger partial charge in [-0.3, -0.25) is 0 Å². The van der Waals surface area contributed by atoms with Gasteiger partial charge in [-0.25, -0.2) is 9.97 Å². The molecule has 106 valence electrons. The topological polar surface area (TPSA) is 96.5 Å². The van der Waals surface area contributed by atoms with Crippen LogP contribution in [0.4, 0.5) is 15.2 Å². The second-order valence-corrected chi connectivity index (χ2v) is 5.29. The molecule has 0 fully saturated rings. The predicted octanol–water partition coefficient (Wildman–Crippen LogP) is 3.46. The summed E-state index contributed by atoms with van der Waals surface area (Å²) in [5.74, 6) is -1.47. The summed E-state index contributed by atoms with van der Waals surface area (Å²) in [6.07, 6.45) is 3.50. The minimum Gasteiger partial charge on any atom is -0.504 e. The van der Waals surface area contributed by atoms with E-state index >= 15 is 0 Å². The number of azo groups is 1. The Morgan fingerprint density at radius 1 is 1.29 bits per heavy atom. The SMILES string of the molecule is CSc1ncc2c(/N=N/c3ccc(O)c(F)n3)snc2n1. The first-order valence-corrected chi connectivity index (χ1v) is 7.61. The smallest absolute Gasteiger partial charge is 0.257 e. The zero-order valence-corrected chi connectivity index (χ0v) is 12.2. The van der Waals surface area contributed by atoms with Gasteiger partial charge in [-0.1, -0.05) is 11.8 Å². The monoisotopic (exact) mass is 322 g/mol. The number of thioether (sulfide) groups is 1. The van der Waals surface area contributed by atoms with E-state index in [0.717, 1.165) is 17.6 Å². The maximum Gasteiger partial charge on any atom is 0.257 e. The zero-order valence-electron chi connectivity index (χ0n) is 10.6. The molecule has 3 aromatic rings. The van der Waals surface area contributed by atoms with Crippen LogP contribution in [0.15, 0.2) is 33.7 Å². The van der Waals surface area contributed by atoms with Crippen LogP contribution in [0, 0.1) is 5.95 Å². The molecule has 1 N–H and O–H groups in total. The summed E-state index contributed by atoms with van der Waals surface area (Å²) in [5, 5.41) is 18.6. The number of fused-ring (bicyclic) bond motifs is 1. The number of rotatable bonds is 3. The fourth-order valence-electron chi connectivity index (χ4n) is 1.45. The maximum absolute atomic E-state index is 13.1. The second-order valence-electron chi connectivity index (χ2n) is 3.76. The van der Waals surface area contributed by atoms with Gasteiger partial charge in [0, 0.05) is 6.20 Å². The van der Waals surface area contributed by atoms with Crippen molar-refractivity contribution in [3.8, 4) is 5.75 Å². The molecule has 0 aliphatic carbocycles. The summed E-state index contributed by atoms with van der Waals surface area (Å²) < 4.78 is 17.2. The van der Waals surface area contributed by atoms with Gasteiger partial charge in [0.25, 0.3) is 5.95 Å². The Hall–Kier alpha value is -2.20. The van der Waals surface area contributed by atoms with Crippen molar-refractivity contribution >= 4 is 45.1 Å². The Labute approximate surface area is 126 Å². The van der Waals surface area contributed by atoms with Crippen LogP contribution in [0.25, 0.3) is 11.0 Å². The van der Waals surface area contributed by atoms with Crippen molar-refractivity contribution in [1.29, 1.82) is 0 Å². The van der Waals surface area contributed by atoms with Gasteiger partial charge in [0.2, 0.25) is 0 Å². The lowest BCUT2D eigenvalue weighted by Crippen LogP contribution is -1.84. The fourth-order valence-corrected chi connectivity index (χ4v) is 2.42. The highest BCUT2D eigenvalue weighted by atomic mass is 32.2. The lowest BCUT2D eigenvalue weighted by molar-refractivity contribution is 0.419. The average Bonchev–Trinajstić information content (AvgIpc) is 2.90. The minimum atomic E-state index is -0.992. The highest BCUT2D eigenvalue weighted by Crippen LogP contribution is 2.31. The first-order chi connectivity index (χ1) is 10.2. The van der Waals surface area contributed by atoms with Crippen LogP contribution in [-0.4, -0.2) is 30.7 Å². The average molecular weight is 322 g/mol. The van der Waals surface area contributed by atoms with Crippen molar-refractivity contribution in [3.05, 3.63) is 24.3 Å². The van der Waals surface area contributed by atoms with Gasteiger partial charge >= 0.3 is 0 Å². The summed E-state index contributed by atoms with van der Waals surface area (Å²) in [6.45, 7) is 0. The van der Waals surface area contributed by atoms with Crippen molar-refractivity contribution in [2.45, 2.75) is 5.16 Å². The van der Waals surface area contributed by atoms with Crippen molar-refractivity contribution in [1.82, 2.24) is 19.3 Å². The van der Waals surface area contributed by atoms with Crippen LogP contribution in [0.3, 0.4) is 0 Å². The summed E-state index contributed by atoms with van der Waals surface area (Å²) in [7, 11) is 0. The lowest BCUT2D eigenvalue weighted by Gasteiger charge is -1.95. The van der Waals surface area contributed by atoms with Gasteiger partial charge in [0.05, 0.1) is 5.39 Å². The van der Waals surface area contributed by atoms with Crippen molar-refractivity contribution in [3.63, 3.8) is 0 Å². The molecule has 0 aromatic carbocycles. The molecule has 0 radical (unpaired) electrons. The Morgan fingerprint density at radius 3 is 2.90 bits per heavy atom. The minimum absolute atomic E-state index is 0.0495. The summed E-state index contributed by atoms with van der Waals surface area (Å²) in [4.78, 5) is 11.8. The molecule has 0 aliphatic heterocycles. The second kappa shape index (κ2) is 5.66. The van der Waals surface area contributed by atoms with Crippen LogP contribution in [0.5, 0.6) is 5.75 Å². The lowest BCUT2D eigenvalue weighted by atomic mass is 10.4. The van der Waals surface area contributed by atoms with E-state index in [9.17, 15) is 4.39 Å². The van der Waals surface area contributed by atoms with Crippen LogP contribution >= 0.6 is 23.3 Å². The maximum atomic E-state index is 13.1. The van der Waals surface area contributed by atoms with Gasteiger partial charge in [0.15, 0.2) is 27.4 Å². The van der Waals surface area contributed by atoms with E-state index in [0.29, 0.717) is 21.2 Å². The van der Waals surface area contributed by atoms with E-state index in [2.05, 4.69) is 29.6 Å². The molecule has 0 saturated heterocycles. The molecule has 10 heteroatoms. The molecule has 0 spiro atoms. The van der Waals surface area contributed by atoms with Crippen molar-refractivity contribution < 1.29 is 9.50 Å². The van der Waals surface area contributed by atoms with E-state index in [-0.39, 0.29) is 5.82 Å². The Balaban J connectivity index is 1.93. The quantitative estimate of drug-likeness (QED) is 0.343. The zero-order chi connectivity index (χ0) is 14.8. The molecule has 0 aliphatic rings. The molecular weight excluding hydrogens is 315 g/mol. The first kappa shape index (κ1) is 13.8. The van der Waals surface area contributed by atoms with E-state index in [4.69, 9.17) is 5.11 Å². The third kappa shape index (κ3) is 2.81. The molecule has 0 bridgehead atoms. The van der Waals surface area contributed by atoms with E-state index in [1.807, 2.05) is 6.26 Å². The largest absolute Gasteiger partial charge is 0.504 e. The van der Waals surface area contributed by atoms with Gasteiger partial charge in [-0.2, -0.15) is 13.7 Å². The van der Waals surface area contributed by atoms with E-state index in [1.54, 1.807) is 6.20 Å². The summed E-state index contributed by atoms with van der Waals surface area (Å²) in [5.41, 5.74) is 0.540. The van der Waals surface area contributed by atoms with Gasteiger partial charge in [0.1, 0.15) is 0 Å². The molecule has 7 nitrogen and oxygen atoms in total. The molecule has 0 amide bonds.